The summed E-state index contributed by atoms with van der Waals surface area (Å²) in [5, 5.41) is 3.51. The van der Waals surface area contributed by atoms with Crippen molar-refractivity contribution in [3.8, 4) is 5.75 Å². The number of rotatable bonds is 8. The Morgan fingerprint density at radius 1 is 1.07 bits per heavy atom. The van der Waals surface area contributed by atoms with E-state index in [1.54, 1.807) is 25.1 Å². The van der Waals surface area contributed by atoms with Gasteiger partial charge in [0.15, 0.2) is 6.61 Å². The first kappa shape index (κ1) is 23.0. The molecular weight excluding hydrogens is 411 g/mol. The number of hydrogen-bond donors (Lipinski definition) is 1. The van der Waals surface area contributed by atoms with Gasteiger partial charge >= 0.3 is 0 Å². The number of benzene rings is 2. The van der Waals surface area contributed by atoms with Crippen LogP contribution in [0.4, 0.5) is 0 Å². The number of amides is 2. The lowest BCUT2D eigenvalue weighted by molar-refractivity contribution is -0.142. The molecule has 1 atom stereocenters. The fraction of sp³-hybridized carbons (Fsp3) is 0.364. The number of halogens is 2. The van der Waals surface area contributed by atoms with Crippen molar-refractivity contribution in [1.29, 1.82) is 0 Å². The third-order valence-electron chi connectivity index (χ3n) is 4.68. The first-order chi connectivity index (χ1) is 13.7. The fourth-order valence-corrected chi connectivity index (χ4v) is 3.27. The summed E-state index contributed by atoms with van der Waals surface area (Å²) in [5.74, 6) is 0.420. The molecule has 0 aliphatic carbocycles. The predicted molar refractivity (Wildman–Crippen MR) is 117 cm³/mol. The predicted octanol–water partition coefficient (Wildman–Crippen LogP) is 4.66. The standard InChI is InChI=1S/C22H26Cl2N2O3/c1-14(2)16-6-9-19(10-7-16)29-13-21(27)26(15(3)22(28)25-4)12-17-5-8-18(23)11-20(17)24/h5-11,14-15H,12-13H2,1-4H3,(H,25,28)/t15-/m0/s1. The van der Waals surface area contributed by atoms with Crippen LogP contribution in [-0.4, -0.2) is 36.4 Å². The largest absolute Gasteiger partial charge is 0.484 e. The van der Waals surface area contributed by atoms with Gasteiger partial charge in [-0.15, -0.1) is 0 Å². The molecule has 2 aromatic rings. The van der Waals surface area contributed by atoms with Crippen molar-refractivity contribution in [3.63, 3.8) is 0 Å². The average Bonchev–Trinajstić information content (AvgIpc) is 2.70. The van der Waals surface area contributed by atoms with E-state index in [0.717, 1.165) is 0 Å². The molecule has 156 valence electrons. The van der Waals surface area contributed by atoms with Gasteiger partial charge in [0, 0.05) is 23.6 Å². The number of likely N-dealkylation sites (N-methyl/N-ethyl adjacent to an activating group) is 1. The second-order valence-corrected chi connectivity index (χ2v) is 7.90. The van der Waals surface area contributed by atoms with E-state index in [-0.39, 0.29) is 25.0 Å². The Hall–Kier alpha value is -2.24. The highest BCUT2D eigenvalue weighted by molar-refractivity contribution is 6.35. The van der Waals surface area contributed by atoms with Crippen molar-refractivity contribution in [3.05, 3.63) is 63.6 Å². The minimum absolute atomic E-state index is 0.166. The van der Waals surface area contributed by atoms with Crippen molar-refractivity contribution in [2.24, 2.45) is 0 Å². The van der Waals surface area contributed by atoms with Crippen molar-refractivity contribution < 1.29 is 14.3 Å². The molecule has 2 aromatic carbocycles. The van der Waals surface area contributed by atoms with E-state index in [9.17, 15) is 9.59 Å². The normalized spacial score (nSPS) is 11.8. The van der Waals surface area contributed by atoms with Gasteiger partial charge in [-0.3, -0.25) is 9.59 Å². The smallest absolute Gasteiger partial charge is 0.261 e. The van der Waals surface area contributed by atoms with E-state index in [1.807, 2.05) is 24.3 Å². The Morgan fingerprint density at radius 3 is 2.28 bits per heavy atom. The molecule has 7 heteroatoms. The van der Waals surface area contributed by atoms with Gasteiger partial charge in [-0.25, -0.2) is 0 Å². The summed E-state index contributed by atoms with van der Waals surface area (Å²) in [7, 11) is 1.53. The summed E-state index contributed by atoms with van der Waals surface area (Å²) < 4.78 is 5.66. The molecule has 0 unspecified atom stereocenters. The van der Waals surface area contributed by atoms with Crippen molar-refractivity contribution in [2.45, 2.75) is 39.3 Å². The molecule has 0 aliphatic heterocycles. The van der Waals surface area contributed by atoms with E-state index >= 15 is 0 Å². The Kier molecular flexibility index (Phi) is 8.35. The molecule has 0 saturated heterocycles. The second-order valence-electron chi connectivity index (χ2n) is 7.06. The summed E-state index contributed by atoms with van der Waals surface area (Å²) in [6.45, 7) is 5.86. The van der Waals surface area contributed by atoms with Gasteiger partial charge in [-0.2, -0.15) is 0 Å². The van der Waals surface area contributed by atoms with Crippen molar-refractivity contribution >= 4 is 35.0 Å². The van der Waals surface area contributed by atoms with Gasteiger partial charge in [0.05, 0.1) is 0 Å². The summed E-state index contributed by atoms with van der Waals surface area (Å²) in [6.07, 6.45) is 0. The molecule has 1 N–H and O–H groups in total. The van der Waals surface area contributed by atoms with Crippen LogP contribution in [0, 0.1) is 0 Å². The van der Waals surface area contributed by atoms with E-state index < -0.39 is 6.04 Å². The number of carbonyl (C=O) groups is 2. The highest BCUT2D eigenvalue weighted by atomic mass is 35.5. The van der Waals surface area contributed by atoms with Crippen molar-refractivity contribution in [2.75, 3.05) is 13.7 Å². The van der Waals surface area contributed by atoms with Crippen LogP contribution in [0.25, 0.3) is 0 Å². The van der Waals surface area contributed by atoms with Crippen LogP contribution in [0.1, 0.15) is 37.8 Å². The van der Waals surface area contributed by atoms with Crippen LogP contribution in [0.2, 0.25) is 10.0 Å². The SMILES string of the molecule is CNC(=O)[C@H](C)N(Cc1ccc(Cl)cc1Cl)C(=O)COc1ccc(C(C)C)cc1. The van der Waals surface area contributed by atoms with Gasteiger partial charge in [0.2, 0.25) is 5.91 Å². The van der Waals surface area contributed by atoms with Gasteiger partial charge in [-0.05, 0) is 48.2 Å². The fourth-order valence-electron chi connectivity index (χ4n) is 2.80. The maximum Gasteiger partial charge on any atom is 0.261 e. The molecule has 5 nitrogen and oxygen atoms in total. The van der Waals surface area contributed by atoms with E-state index in [2.05, 4.69) is 19.2 Å². The van der Waals surface area contributed by atoms with Crippen LogP contribution < -0.4 is 10.1 Å². The van der Waals surface area contributed by atoms with E-state index in [1.165, 1.54) is 17.5 Å². The highest BCUT2D eigenvalue weighted by Crippen LogP contribution is 2.23. The summed E-state index contributed by atoms with van der Waals surface area (Å²) >= 11 is 12.2. The van der Waals surface area contributed by atoms with Gasteiger partial charge in [0.25, 0.3) is 5.91 Å². The summed E-state index contributed by atoms with van der Waals surface area (Å²) in [6, 6.07) is 12.0. The third kappa shape index (κ3) is 6.38. The highest BCUT2D eigenvalue weighted by Gasteiger charge is 2.26. The van der Waals surface area contributed by atoms with Crippen LogP contribution >= 0.6 is 23.2 Å². The molecule has 2 rings (SSSR count). The zero-order valence-corrected chi connectivity index (χ0v) is 18.6. The zero-order chi connectivity index (χ0) is 21.6. The number of carbonyl (C=O) groups excluding carboxylic acids is 2. The first-order valence-electron chi connectivity index (χ1n) is 9.40. The first-order valence-corrected chi connectivity index (χ1v) is 10.2. The lowest BCUT2D eigenvalue weighted by Crippen LogP contribution is -2.48. The molecule has 0 heterocycles. The molecule has 0 aromatic heterocycles. The number of nitrogens with zero attached hydrogens (tertiary/aromatic N) is 1. The molecule has 0 spiro atoms. The lowest BCUT2D eigenvalue weighted by atomic mass is 10.0. The van der Waals surface area contributed by atoms with Gasteiger partial charge in [-0.1, -0.05) is 55.2 Å². The molecule has 2 amide bonds. The number of hydrogen-bond acceptors (Lipinski definition) is 3. The van der Waals surface area contributed by atoms with Crippen LogP contribution in [0.15, 0.2) is 42.5 Å². The number of nitrogens with one attached hydrogen (secondary N) is 1. The minimum Gasteiger partial charge on any atom is -0.484 e. The quantitative estimate of drug-likeness (QED) is 0.654. The van der Waals surface area contributed by atoms with E-state index in [4.69, 9.17) is 27.9 Å². The minimum atomic E-state index is -0.689. The third-order valence-corrected chi connectivity index (χ3v) is 5.27. The maximum absolute atomic E-state index is 12.9. The molecule has 0 aliphatic rings. The Morgan fingerprint density at radius 2 is 1.72 bits per heavy atom. The average molecular weight is 437 g/mol. The molecule has 0 fully saturated rings. The summed E-state index contributed by atoms with van der Waals surface area (Å²) in [5.41, 5.74) is 1.89. The maximum atomic E-state index is 12.9. The molecule has 0 saturated carbocycles. The number of ether oxygens (including phenoxy) is 1. The second kappa shape index (κ2) is 10.5. The Balaban J connectivity index is 2.14. The van der Waals surface area contributed by atoms with Gasteiger partial charge < -0.3 is 15.0 Å². The molecule has 0 radical (unpaired) electrons. The lowest BCUT2D eigenvalue weighted by Gasteiger charge is -2.28. The summed E-state index contributed by atoms with van der Waals surface area (Å²) in [4.78, 5) is 26.5. The Labute approximate surface area is 181 Å². The van der Waals surface area contributed by atoms with Crippen LogP contribution in [-0.2, 0) is 16.1 Å². The molecular formula is C22H26Cl2N2O3. The topological polar surface area (TPSA) is 58.6 Å². The zero-order valence-electron chi connectivity index (χ0n) is 17.0. The molecule has 29 heavy (non-hydrogen) atoms. The monoisotopic (exact) mass is 436 g/mol. The molecule has 0 bridgehead atoms. The van der Waals surface area contributed by atoms with Gasteiger partial charge in [0.1, 0.15) is 11.8 Å². The van der Waals surface area contributed by atoms with Crippen LogP contribution in [0.5, 0.6) is 5.75 Å². The van der Waals surface area contributed by atoms with Crippen LogP contribution in [0.3, 0.4) is 0 Å². The van der Waals surface area contributed by atoms with E-state index in [0.29, 0.717) is 27.3 Å². The van der Waals surface area contributed by atoms with Crippen molar-refractivity contribution in [1.82, 2.24) is 10.2 Å². The Bertz CT molecular complexity index is 854.